The summed E-state index contributed by atoms with van der Waals surface area (Å²) in [5, 5.41) is 3.09. The Balaban J connectivity index is 1.94. The number of hydrogen-bond acceptors (Lipinski definition) is 4. The first kappa shape index (κ1) is 16.6. The molecule has 0 spiro atoms. The first-order chi connectivity index (χ1) is 9.77. The van der Waals surface area contributed by atoms with Crippen molar-refractivity contribution in [3.8, 4) is 5.75 Å². The van der Waals surface area contributed by atoms with E-state index in [1.807, 2.05) is 0 Å². The van der Waals surface area contributed by atoms with Gasteiger partial charge in [-0.25, -0.2) is 8.42 Å². The molecule has 1 aliphatic heterocycles. The molecule has 0 aliphatic carbocycles. The van der Waals surface area contributed by atoms with Crippen molar-refractivity contribution >= 4 is 43.3 Å². The number of nitrogens with one attached hydrogen (secondary N) is 1. The van der Waals surface area contributed by atoms with Crippen LogP contribution in [0.5, 0.6) is 5.75 Å². The quantitative estimate of drug-likeness (QED) is 0.846. The van der Waals surface area contributed by atoms with Gasteiger partial charge in [0.25, 0.3) is 5.91 Å². The molecule has 1 aromatic rings. The van der Waals surface area contributed by atoms with Crippen molar-refractivity contribution < 1.29 is 17.9 Å². The van der Waals surface area contributed by atoms with Gasteiger partial charge in [0.05, 0.1) is 16.5 Å². The molecule has 0 aromatic heterocycles. The molecule has 8 heteroatoms. The van der Waals surface area contributed by atoms with E-state index in [0.717, 1.165) is 4.47 Å². The molecular formula is C13H15BrClNO4S. The topological polar surface area (TPSA) is 72.5 Å². The average Bonchev–Trinajstić information content (AvgIpc) is 2.72. The molecule has 5 nitrogen and oxygen atoms in total. The summed E-state index contributed by atoms with van der Waals surface area (Å²) in [5.41, 5.74) is 0. The van der Waals surface area contributed by atoms with Crippen molar-refractivity contribution in [2.45, 2.75) is 25.5 Å². The fourth-order valence-electron chi connectivity index (χ4n) is 2.04. The minimum atomic E-state index is -3.02. The number of carbonyl (C=O) groups excluding carboxylic acids is 1. The van der Waals surface area contributed by atoms with Gasteiger partial charge in [-0.15, -0.1) is 0 Å². The van der Waals surface area contributed by atoms with Crippen LogP contribution in [0, 0.1) is 0 Å². The predicted molar refractivity (Wildman–Crippen MR) is 84.4 cm³/mol. The van der Waals surface area contributed by atoms with E-state index in [-0.39, 0.29) is 23.5 Å². The summed E-state index contributed by atoms with van der Waals surface area (Å²) in [6.07, 6.45) is -0.313. The summed E-state index contributed by atoms with van der Waals surface area (Å²) in [4.78, 5) is 12.0. The van der Waals surface area contributed by atoms with Gasteiger partial charge >= 0.3 is 0 Å². The molecular weight excluding hydrogens is 382 g/mol. The molecule has 1 heterocycles. The number of sulfone groups is 1. The van der Waals surface area contributed by atoms with Gasteiger partial charge in [-0.05, 0) is 31.5 Å². The zero-order valence-corrected chi connectivity index (χ0v) is 14.5. The second kappa shape index (κ2) is 6.54. The molecule has 1 fully saturated rings. The van der Waals surface area contributed by atoms with Gasteiger partial charge in [-0.3, -0.25) is 4.79 Å². The normalized spacial score (nSPS) is 21.8. The van der Waals surface area contributed by atoms with Crippen LogP contribution in [0.25, 0.3) is 0 Å². The molecule has 21 heavy (non-hydrogen) atoms. The van der Waals surface area contributed by atoms with Crippen LogP contribution in [-0.4, -0.2) is 38.0 Å². The molecule has 0 saturated carbocycles. The molecule has 0 radical (unpaired) electrons. The van der Waals surface area contributed by atoms with E-state index in [9.17, 15) is 13.2 Å². The number of amides is 1. The minimum Gasteiger partial charge on any atom is -0.479 e. The molecule has 0 unspecified atom stereocenters. The first-order valence-corrected chi connectivity index (χ1v) is 9.38. The van der Waals surface area contributed by atoms with E-state index in [1.54, 1.807) is 25.1 Å². The van der Waals surface area contributed by atoms with Crippen LogP contribution in [0.1, 0.15) is 13.3 Å². The second-order valence-electron chi connectivity index (χ2n) is 4.94. The maximum absolute atomic E-state index is 12.0. The Morgan fingerprint density at radius 3 is 2.81 bits per heavy atom. The summed E-state index contributed by atoms with van der Waals surface area (Å²) in [5.74, 6) is 0.161. The molecule has 1 N–H and O–H groups in total. The Hall–Kier alpha value is -0.790. The Morgan fingerprint density at radius 2 is 2.24 bits per heavy atom. The maximum atomic E-state index is 12.0. The van der Waals surface area contributed by atoms with Gasteiger partial charge in [-0.2, -0.15) is 0 Å². The third-order valence-corrected chi connectivity index (χ3v) is 5.70. The first-order valence-electron chi connectivity index (χ1n) is 6.39. The van der Waals surface area contributed by atoms with Crippen molar-refractivity contribution in [3.63, 3.8) is 0 Å². The lowest BCUT2D eigenvalue weighted by molar-refractivity contribution is -0.127. The summed E-state index contributed by atoms with van der Waals surface area (Å²) in [7, 11) is -3.02. The monoisotopic (exact) mass is 395 g/mol. The van der Waals surface area contributed by atoms with Crippen molar-refractivity contribution in [3.05, 3.63) is 27.7 Å². The Kier molecular flexibility index (Phi) is 5.16. The van der Waals surface area contributed by atoms with Gasteiger partial charge in [-0.1, -0.05) is 27.5 Å². The van der Waals surface area contributed by atoms with Crippen LogP contribution in [0.4, 0.5) is 0 Å². The highest BCUT2D eigenvalue weighted by atomic mass is 79.9. The Labute approximate surface area is 137 Å². The summed E-state index contributed by atoms with van der Waals surface area (Å²) >= 11 is 9.30. The fraction of sp³-hybridized carbons (Fsp3) is 0.462. The number of ether oxygens (including phenoxy) is 1. The van der Waals surface area contributed by atoms with Crippen LogP contribution in [0.15, 0.2) is 22.7 Å². The van der Waals surface area contributed by atoms with E-state index in [2.05, 4.69) is 21.2 Å². The molecule has 0 bridgehead atoms. The number of benzene rings is 1. The highest BCUT2D eigenvalue weighted by molar-refractivity contribution is 9.10. The van der Waals surface area contributed by atoms with Gasteiger partial charge in [0, 0.05) is 10.5 Å². The number of hydrogen-bond donors (Lipinski definition) is 1. The van der Waals surface area contributed by atoms with E-state index in [1.165, 1.54) is 0 Å². The lowest BCUT2D eigenvalue weighted by atomic mass is 10.2. The lowest BCUT2D eigenvalue weighted by Gasteiger charge is -2.18. The summed E-state index contributed by atoms with van der Waals surface area (Å²) < 4.78 is 29.0. The fourth-order valence-corrected chi connectivity index (χ4v) is 4.43. The molecule has 1 aromatic carbocycles. The van der Waals surface area contributed by atoms with Crippen molar-refractivity contribution in [1.29, 1.82) is 0 Å². The standard InChI is InChI=1S/C13H15BrClNO4S/c1-8(20-12-3-2-9(14)6-11(12)15)13(17)16-10-4-5-21(18,19)7-10/h2-3,6,8,10H,4-5,7H2,1H3,(H,16,17)/t8-,10+/m1/s1. The number of halogens is 2. The predicted octanol–water partition coefficient (Wildman–Crippen LogP) is 2.17. The third kappa shape index (κ3) is 4.59. The molecule has 2 atom stereocenters. The highest BCUT2D eigenvalue weighted by Crippen LogP contribution is 2.28. The maximum Gasteiger partial charge on any atom is 0.261 e. The number of rotatable bonds is 4. The smallest absolute Gasteiger partial charge is 0.261 e. The van der Waals surface area contributed by atoms with Crippen LogP contribution in [0.3, 0.4) is 0 Å². The molecule has 1 saturated heterocycles. The van der Waals surface area contributed by atoms with E-state index in [0.29, 0.717) is 17.2 Å². The molecule has 116 valence electrons. The zero-order valence-electron chi connectivity index (χ0n) is 11.3. The lowest BCUT2D eigenvalue weighted by Crippen LogP contribution is -2.43. The van der Waals surface area contributed by atoms with Crippen LogP contribution in [0.2, 0.25) is 5.02 Å². The highest BCUT2D eigenvalue weighted by Gasteiger charge is 2.30. The van der Waals surface area contributed by atoms with Gasteiger partial charge in [0.15, 0.2) is 15.9 Å². The van der Waals surface area contributed by atoms with E-state index < -0.39 is 15.9 Å². The second-order valence-corrected chi connectivity index (χ2v) is 8.49. The molecule has 1 aliphatic rings. The summed E-state index contributed by atoms with van der Waals surface area (Å²) in [6, 6.07) is 4.75. The van der Waals surface area contributed by atoms with Crippen LogP contribution >= 0.6 is 27.5 Å². The third-order valence-electron chi connectivity index (χ3n) is 3.15. The molecule has 1 amide bonds. The van der Waals surface area contributed by atoms with E-state index >= 15 is 0 Å². The van der Waals surface area contributed by atoms with Gasteiger partial charge in [0.1, 0.15) is 5.75 Å². The van der Waals surface area contributed by atoms with E-state index in [4.69, 9.17) is 16.3 Å². The van der Waals surface area contributed by atoms with Crippen molar-refractivity contribution in [2.75, 3.05) is 11.5 Å². The van der Waals surface area contributed by atoms with Crippen LogP contribution < -0.4 is 10.1 Å². The van der Waals surface area contributed by atoms with Crippen LogP contribution in [-0.2, 0) is 14.6 Å². The minimum absolute atomic E-state index is 0.00942. The SMILES string of the molecule is C[C@@H](Oc1ccc(Br)cc1Cl)C(=O)N[C@H]1CCS(=O)(=O)C1. The zero-order chi connectivity index (χ0) is 15.6. The van der Waals surface area contributed by atoms with Crippen molar-refractivity contribution in [1.82, 2.24) is 5.32 Å². The Bertz CT molecular complexity index is 650. The largest absolute Gasteiger partial charge is 0.479 e. The summed E-state index contributed by atoms with van der Waals surface area (Å²) in [6.45, 7) is 1.59. The Morgan fingerprint density at radius 1 is 1.52 bits per heavy atom. The number of carbonyl (C=O) groups is 1. The molecule has 2 rings (SSSR count). The van der Waals surface area contributed by atoms with Gasteiger partial charge in [0.2, 0.25) is 0 Å². The average molecular weight is 397 g/mol. The van der Waals surface area contributed by atoms with Gasteiger partial charge < -0.3 is 10.1 Å². The van der Waals surface area contributed by atoms with Crippen molar-refractivity contribution in [2.24, 2.45) is 0 Å².